The van der Waals surface area contributed by atoms with Gasteiger partial charge in [0.15, 0.2) is 0 Å². The van der Waals surface area contributed by atoms with Gasteiger partial charge in [-0.2, -0.15) is 0 Å². The standard InChI is InChI=1S/C19H29N3O.2ClH/c20-18-9-3-2-7-16(18)10-11-19(23)22-14-6-8-17(22)15-21-12-4-1-5-13-21;;/h2-3,7,9,17H,1,4-6,8,10-15,20H2;2*1H. The summed E-state index contributed by atoms with van der Waals surface area (Å²) in [4.78, 5) is 17.3. The second-order valence-corrected chi connectivity index (χ2v) is 6.94. The second-order valence-electron chi connectivity index (χ2n) is 6.94. The average molecular weight is 388 g/mol. The Morgan fingerprint density at radius 1 is 1.04 bits per heavy atom. The lowest BCUT2D eigenvalue weighted by molar-refractivity contribution is -0.132. The highest BCUT2D eigenvalue weighted by atomic mass is 35.5. The van der Waals surface area contributed by atoms with Crippen molar-refractivity contribution in [3.8, 4) is 0 Å². The first-order valence-corrected chi connectivity index (χ1v) is 9.09. The van der Waals surface area contributed by atoms with E-state index in [0.29, 0.717) is 18.4 Å². The number of hydrogen-bond donors (Lipinski definition) is 1. The van der Waals surface area contributed by atoms with Gasteiger partial charge in [0, 0.05) is 31.2 Å². The number of rotatable bonds is 5. The summed E-state index contributed by atoms with van der Waals surface area (Å²) in [5.74, 6) is 0.299. The Hall–Kier alpha value is -0.970. The van der Waals surface area contributed by atoms with Gasteiger partial charge in [0.05, 0.1) is 0 Å². The summed E-state index contributed by atoms with van der Waals surface area (Å²) >= 11 is 0. The second kappa shape index (κ2) is 10.9. The van der Waals surface area contributed by atoms with E-state index < -0.39 is 0 Å². The van der Waals surface area contributed by atoms with E-state index in [-0.39, 0.29) is 24.8 Å². The zero-order chi connectivity index (χ0) is 16.1. The van der Waals surface area contributed by atoms with Crippen molar-refractivity contribution < 1.29 is 4.79 Å². The number of aryl methyl sites for hydroxylation is 1. The maximum Gasteiger partial charge on any atom is 0.223 e. The number of amides is 1. The largest absolute Gasteiger partial charge is 0.399 e. The van der Waals surface area contributed by atoms with Gasteiger partial charge in [-0.3, -0.25) is 4.79 Å². The van der Waals surface area contributed by atoms with E-state index in [9.17, 15) is 4.79 Å². The number of benzene rings is 1. The maximum absolute atomic E-state index is 12.6. The van der Waals surface area contributed by atoms with Crippen molar-refractivity contribution in [1.29, 1.82) is 0 Å². The minimum atomic E-state index is 0. The topological polar surface area (TPSA) is 49.6 Å². The molecule has 142 valence electrons. The molecule has 2 saturated heterocycles. The molecule has 0 bridgehead atoms. The molecule has 2 N–H and O–H groups in total. The van der Waals surface area contributed by atoms with Gasteiger partial charge in [-0.1, -0.05) is 24.6 Å². The Balaban J connectivity index is 0.00000156. The Labute approximate surface area is 163 Å². The Morgan fingerprint density at radius 3 is 2.48 bits per heavy atom. The van der Waals surface area contributed by atoms with Crippen molar-refractivity contribution in [3.05, 3.63) is 29.8 Å². The highest BCUT2D eigenvalue weighted by Gasteiger charge is 2.30. The van der Waals surface area contributed by atoms with Crippen molar-refractivity contribution >= 4 is 36.4 Å². The van der Waals surface area contributed by atoms with Crippen molar-refractivity contribution in [2.45, 2.75) is 51.0 Å². The van der Waals surface area contributed by atoms with E-state index >= 15 is 0 Å². The fourth-order valence-electron chi connectivity index (χ4n) is 3.94. The van der Waals surface area contributed by atoms with Crippen molar-refractivity contribution in [1.82, 2.24) is 9.80 Å². The lowest BCUT2D eigenvalue weighted by Crippen LogP contribution is -2.44. The van der Waals surface area contributed by atoms with Gasteiger partial charge >= 0.3 is 0 Å². The SMILES string of the molecule is Cl.Cl.Nc1ccccc1CCC(=O)N1CCCC1CN1CCCCC1. The number of anilines is 1. The molecule has 0 spiro atoms. The van der Waals surface area contributed by atoms with Gasteiger partial charge in [0.1, 0.15) is 0 Å². The number of halogens is 2. The zero-order valence-electron chi connectivity index (χ0n) is 14.9. The quantitative estimate of drug-likeness (QED) is 0.786. The monoisotopic (exact) mass is 387 g/mol. The molecule has 3 rings (SSSR count). The van der Waals surface area contributed by atoms with E-state index in [1.165, 1.54) is 32.4 Å². The smallest absolute Gasteiger partial charge is 0.223 e. The van der Waals surface area contributed by atoms with Gasteiger partial charge in [-0.25, -0.2) is 0 Å². The minimum Gasteiger partial charge on any atom is -0.399 e. The third-order valence-corrected chi connectivity index (χ3v) is 5.28. The molecule has 1 aromatic rings. The van der Waals surface area contributed by atoms with Gasteiger partial charge in [0.2, 0.25) is 5.91 Å². The van der Waals surface area contributed by atoms with E-state index in [0.717, 1.165) is 43.6 Å². The number of nitrogens with zero attached hydrogens (tertiary/aromatic N) is 2. The Bertz CT molecular complexity index is 535. The summed E-state index contributed by atoms with van der Waals surface area (Å²) in [6, 6.07) is 8.29. The van der Waals surface area contributed by atoms with Crippen LogP contribution in [0, 0.1) is 0 Å². The number of nitrogen functional groups attached to an aromatic ring is 1. The number of carbonyl (C=O) groups is 1. The van der Waals surface area contributed by atoms with Gasteiger partial charge < -0.3 is 15.5 Å². The van der Waals surface area contributed by atoms with Crippen LogP contribution >= 0.6 is 24.8 Å². The predicted molar refractivity (Wildman–Crippen MR) is 109 cm³/mol. The van der Waals surface area contributed by atoms with Crippen molar-refractivity contribution in [2.75, 3.05) is 31.9 Å². The summed E-state index contributed by atoms with van der Waals surface area (Å²) < 4.78 is 0. The molecule has 2 aliphatic heterocycles. The van der Waals surface area contributed by atoms with Gasteiger partial charge in [-0.05, 0) is 56.8 Å². The summed E-state index contributed by atoms with van der Waals surface area (Å²) in [6.07, 6.45) is 7.63. The fraction of sp³-hybridized carbons (Fsp3) is 0.632. The molecule has 0 aromatic heterocycles. The fourth-order valence-corrected chi connectivity index (χ4v) is 3.94. The maximum atomic E-state index is 12.6. The minimum absolute atomic E-state index is 0. The molecule has 0 radical (unpaired) electrons. The normalized spacial score (nSPS) is 20.6. The lowest BCUT2D eigenvalue weighted by Gasteiger charge is -2.33. The number of carbonyl (C=O) groups excluding carboxylic acids is 1. The summed E-state index contributed by atoms with van der Waals surface area (Å²) in [6.45, 7) is 4.42. The number of likely N-dealkylation sites (tertiary alicyclic amines) is 2. The molecule has 0 aliphatic carbocycles. The van der Waals surface area contributed by atoms with Crippen LogP contribution in [-0.4, -0.2) is 47.9 Å². The van der Waals surface area contributed by atoms with Crippen LogP contribution in [0.15, 0.2) is 24.3 Å². The number of hydrogen-bond acceptors (Lipinski definition) is 3. The molecule has 2 heterocycles. The molecule has 1 amide bonds. The van der Waals surface area contributed by atoms with Crippen LogP contribution in [-0.2, 0) is 11.2 Å². The molecule has 1 unspecified atom stereocenters. The number of piperidine rings is 1. The van der Waals surface area contributed by atoms with Gasteiger partial charge in [0.25, 0.3) is 0 Å². The molecule has 6 heteroatoms. The summed E-state index contributed by atoms with van der Waals surface area (Å²) in [5.41, 5.74) is 7.87. The van der Waals surface area contributed by atoms with Crippen LogP contribution in [0.2, 0.25) is 0 Å². The molecule has 4 nitrogen and oxygen atoms in total. The van der Waals surface area contributed by atoms with Crippen LogP contribution in [0.5, 0.6) is 0 Å². The highest BCUT2D eigenvalue weighted by molar-refractivity contribution is 5.85. The van der Waals surface area contributed by atoms with Crippen LogP contribution < -0.4 is 5.73 Å². The van der Waals surface area contributed by atoms with Crippen LogP contribution in [0.3, 0.4) is 0 Å². The third kappa shape index (κ3) is 6.05. The first-order valence-electron chi connectivity index (χ1n) is 9.09. The third-order valence-electron chi connectivity index (χ3n) is 5.28. The van der Waals surface area contributed by atoms with Crippen molar-refractivity contribution in [3.63, 3.8) is 0 Å². The average Bonchev–Trinajstić information content (AvgIpc) is 3.03. The Morgan fingerprint density at radius 2 is 1.76 bits per heavy atom. The molecule has 2 fully saturated rings. The molecular formula is C19H31Cl2N3O. The molecular weight excluding hydrogens is 357 g/mol. The molecule has 2 aliphatic rings. The molecule has 1 aromatic carbocycles. The first kappa shape index (κ1) is 22.1. The molecule has 0 saturated carbocycles. The summed E-state index contributed by atoms with van der Waals surface area (Å²) in [7, 11) is 0. The number of para-hydroxylation sites is 1. The van der Waals surface area contributed by atoms with Gasteiger partial charge in [-0.15, -0.1) is 24.8 Å². The Kier molecular flexibility index (Phi) is 9.62. The predicted octanol–water partition coefficient (Wildman–Crippen LogP) is 3.52. The highest BCUT2D eigenvalue weighted by Crippen LogP contribution is 2.22. The van der Waals surface area contributed by atoms with Crippen LogP contribution in [0.25, 0.3) is 0 Å². The first-order chi connectivity index (χ1) is 11.2. The van der Waals surface area contributed by atoms with E-state index in [1.54, 1.807) is 0 Å². The zero-order valence-corrected chi connectivity index (χ0v) is 16.5. The van der Waals surface area contributed by atoms with Crippen LogP contribution in [0.1, 0.15) is 44.1 Å². The lowest BCUT2D eigenvalue weighted by atomic mass is 10.1. The van der Waals surface area contributed by atoms with Crippen LogP contribution in [0.4, 0.5) is 5.69 Å². The van der Waals surface area contributed by atoms with E-state index in [2.05, 4.69) is 9.80 Å². The number of nitrogens with two attached hydrogens (primary N) is 1. The van der Waals surface area contributed by atoms with E-state index in [1.807, 2.05) is 24.3 Å². The molecule has 1 atom stereocenters. The van der Waals surface area contributed by atoms with Crippen molar-refractivity contribution in [2.24, 2.45) is 0 Å². The molecule has 25 heavy (non-hydrogen) atoms. The summed E-state index contributed by atoms with van der Waals surface area (Å²) in [5, 5.41) is 0. The van der Waals surface area contributed by atoms with E-state index in [4.69, 9.17) is 5.73 Å².